The Kier molecular flexibility index (Phi) is 3.92. The molecule has 18 heavy (non-hydrogen) atoms. The fourth-order valence-electron chi connectivity index (χ4n) is 1.73. The van der Waals surface area contributed by atoms with Gasteiger partial charge >= 0.3 is 5.97 Å². The van der Waals surface area contributed by atoms with Crippen LogP contribution in [0.4, 0.5) is 4.39 Å². The Balaban J connectivity index is 2.57. The van der Waals surface area contributed by atoms with Gasteiger partial charge in [0.05, 0.1) is 0 Å². The zero-order valence-corrected chi connectivity index (χ0v) is 11.7. The van der Waals surface area contributed by atoms with Crippen LogP contribution in [0.15, 0.2) is 18.2 Å². The lowest BCUT2D eigenvalue weighted by Crippen LogP contribution is -1.98. The van der Waals surface area contributed by atoms with Crippen LogP contribution < -0.4 is 0 Å². The van der Waals surface area contributed by atoms with Gasteiger partial charge in [-0.25, -0.2) is 9.18 Å². The number of rotatable bonds is 4. The maximum Gasteiger partial charge on any atom is 0.346 e. The first-order chi connectivity index (χ1) is 8.50. The molecule has 1 aromatic carbocycles. The van der Waals surface area contributed by atoms with Gasteiger partial charge in [0.2, 0.25) is 0 Å². The number of carbonyl (C=O) groups is 1. The number of hydrogen-bond acceptors (Lipinski definition) is 3. The Bertz CT molecular complexity index is 590. The number of carboxylic acids is 1. The van der Waals surface area contributed by atoms with Crippen molar-refractivity contribution in [3.8, 4) is 0 Å². The molecule has 0 saturated heterocycles. The molecule has 96 valence electrons. The molecule has 0 radical (unpaired) electrons. The summed E-state index contributed by atoms with van der Waals surface area (Å²) >= 11 is 2.77. The number of carboxylic acid groups (broad SMARTS) is 1. The maximum absolute atomic E-state index is 13.9. The topological polar surface area (TPSA) is 37.3 Å². The molecule has 2 rings (SSSR count). The van der Waals surface area contributed by atoms with Gasteiger partial charge in [0.1, 0.15) is 10.7 Å². The van der Waals surface area contributed by atoms with Gasteiger partial charge in [-0.15, -0.1) is 11.3 Å². The summed E-state index contributed by atoms with van der Waals surface area (Å²) in [6, 6.07) is 4.75. The zero-order chi connectivity index (χ0) is 13.3. The molecular formula is C13H13FO2S2. The van der Waals surface area contributed by atoms with E-state index in [-0.39, 0.29) is 10.7 Å². The Hall–Kier alpha value is -1.07. The van der Waals surface area contributed by atoms with Gasteiger partial charge in [-0.3, -0.25) is 0 Å². The quantitative estimate of drug-likeness (QED) is 0.905. The number of fused-ring (bicyclic) bond motifs is 1. The van der Waals surface area contributed by atoms with Crippen LogP contribution in [0.2, 0.25) is 0 Å². The van der Waals surface area contributed by atoms with E-state index in [1.807, 2.05) is 13.8 Å². The summed E-state index contributed by atoms with van der Waals surface area (Å²) in [5.74, 6) is -0.786. The van der Waals surface area contributed by atoms with Crippen molar-refractivity contribution in [3.63, 3.8) is 0 Å². The van der Waals surface area contributed by atoms with Crippen molar-refractivity contribution in [3.05, 3.63) is 34.5 Å². The molecule has 0 saturated carbocycles. The van der Waals surface area contributed by atoms with Crippen LogP contribution in [-0.4, -0.2) is 16.3 Å². The maximum atomic E-state index is 13.9. The van der Waals surface area contributed by atoms with Crippen LogP contribution >= 0.6 is 23.1 Å². The first-order valence-electron chi connectivity index (χ1n) is 5.55. The largest absolute Gasteiger partial charge is 0.477 e. The number of hydrogen-bond donors (Lipinski definition) is 1. The van der Waals surface area contributed by atoms with Crippen LogP contribution in [0.3, 0.4) is 0 Å². The third-order valence-electron chi connectivity index (χ3n) is 2.52. The highest BCUT2D eigenvalue weighted by Crippen LogP contribution is 2.36. The first-order valence-corrected chi connectivity index (χ1v) is 7.42. The summed E-state index contributed by atoms with van der Waals surface area (Å²) in [6.07, 6.45) is 0. The van der Waals surface area contributed by atoms with E-state index in [1.165, 1.54) is 6.07 Å². The number of thiophene rings is 1. The van der Waals surface area contributed by atoms with Crippen molar-refractivity contribution in [1.29, 1.82) is 0 Å². The lowest BCUT2D eigenvalue weighted by Gasteiger charge is -2.05. The second-order valence-electron chi connectivity index (χ2n) is 4.19. The molecule has 0 fully saturated rings. The summed E-state index contributed by atoms with van der Waals surface area (Å²) in [5, 5.41) is 10.1. The summed E-state index contributed by atoms with van der Waals surface area (Å²) in [6.45, 7) is 4.08. The minimum absolute atomic E-state index is 0.253. The van der Waals surface area contributed by atoms with Gasteiger partial charge in [0.15, 0.2) is 0 Å². The molecule has 0 unspecified atom stereocenters. The van der Waals surface area contributed by atoms with Crippen LogP contribution in [0, 0.1) is 5.82 Å². The second-order valence-corrected chi connectivity index (χ2v) is 6.80. The van der Waals surface area contributed by atoms with Crippen LogP contribution in [0.1, 0.15) is 29.1 Å². The smallest absolute Gasteiger partial charge is 0.346 e. The molecule has 0 spiro atoms. The van der Waals surface area contributed by atoms with Crippen molar-refractivity contribution in [2.45, 2.75) is 24.9 Å². The van der Waals surface area contributed by atoms with E-state index >= 15 is 0 Å². The zero-order valence-electron chi connectivity index (χ0n) is 10.1. The molecule has 5 heteroatoms. The SMILES string of the molecule is CC(C)SCc1c(C(=O)O)sc2cccc(F)c12. The minimum atomic E-state index is -0.977. The van der Waals surface area contributed by atoms with Crippen LogP contribution in [0.5, 0.6) is 0 Å². The van der Waals surface area contributed by atoms with Crippen molar-refractivity contribution in [1.82, 2.24) is 0 Å². The normalized spacial score (nSPS) is 11.3. The Labute approximate surface area is 113 Å². The third kappa shape index (κ3) is 2.52. The standard InChI is InChI=1S/C13H13FO2S2/c1-7(2)17-6-8-11-9(14)4-3-5-10(11)18-12(8)13(15)16/h3-5,7H,6H2,1-2H3,(H,15,16). The van der Waals surface area contributed by atoms with Crippen LogP contribution in [0.25, 0.3) is 10.1 Å². The molecule has 1 aromatic heterocycles. The molecule has 0 amide bonds. The van der Waals surface area contributed by atoms with Gasteiger partial charge in [0, 0.05) is 15.8 Å². The Morgan fingerprint density at radius 1 is 1.50 bits per heavy atom. The van der Waals surface area contributed by atoms with Crippen LogP contribution in [-0.2, 0) is 5.75 Å². The van der Waals surface area contributed by atoms with E-state index in [1.54, 1.807) is 23.9 Å². The van der Waals surface area contributed by atoms with Gasteiger partial charge in [-0.2, -0.15) is 11.8 Å². The van der Waals surface area contributed by atoms with E-state index in [0.29, 0.717) is 26.7 Å². The lowest BCUT2D eigenvalue weighted by atomic mass is 10.1. The monoisotopic (exact) mass is 284 g/mol. The summed E-state index contributed by atoms with van der Waals surface area (Å²) in [5.41, 5.74) is 0.610. The van der Waals surface area contributed by atoms with Gasteiger partial charge in [-0.05, 0) is 22.9 Å². The molecule has 1 N–H and O–H groups in total. The minimum Gasteiger partial charge on any atom is -0.477 e. The highest BCUT2D eigenvalue weighted by Gasteiger charge is 2.20. The average Bonchev–Trinajstić information content (AvgIpc) is 2.66. The fraction of sp³-hybridized carbons (Fsp3) is 0.308. The van der Waals surface area contributed by atoms with E-state index in [0.717, 1.165) is 11.3 Å². The van der Waals surface area contributed by atoms with E-state index in [9.17, 15) is 14.3 Å². The molecule has 1 heterocycles. The molecule has 0 bridgehead atoms. The predicted molar refractivity (Wildman–Crippen MR) is 75.2 cm³/mol. The molecule has 2 aromatic rings. The highest BCUT2D eigenvalue weighted by atomic mass is 32.2. The van der Waals surface area contributed by atoms with Crippen molar-refractivity contribution < 1.29 is 14.3 Å². The molecule has 0 atom stereocenters. The molecule has 2 nitrogen and oxygen atoms in total. The highest BCUT2D eigenvalue weighted by molar-refractivity contribution is 7.99. The first kappa shape index (κ1) is 13.4. The second kappa shape index (κ2) is 5.28. The fourth-order valence-corrected chi connectivity index (χ4v) is 3.68. The van der Waals surface area contributed by atoms with Gasteiger partial charge in [-0.1, -0.05) is 19.9 Å². The third-order valence-corrected chi connectivity index (χ3v) is 4.83. The number of aromatic carboxylic acids is 1. The lowest BCUT2D eigenvalue weighted by molar-refractivity contribution is 0.0701. The van der Waals surface area contributed by atoms with Gasteiger partial charge < -0.3 is 5.11 Å². The summed E-state index contributed by atoms with van der Waals surface area (Å²) in [4.78, 5) is 11.5. The van der Waals surface area contributed by atoms with Crippen molar-refractivity contribution in [2.75, 3.05) is 0 Å². The van der Waals surface area contributed by atoms with E-state index in [2.05, 4.69) is 0 Å². The Morgan fingerprint density at radius 3 is 2.83 bits per heavy atom. The van der Waals surface area contributed by atoms with E-state index < -0.39 is 5.97 Å². The van der Waals surface area contributed by atoms with Gasteiger partial charge in [0.25, 0.3) is 0 Å². The molecular weight excluding hydrogens is 271 g/mol. The molecule has 0 aliphatic heterocycles. The van der Waals surface area contributed by atoms with Crippen molar-refractivity contribution in [2.24, 2.45) is 0 Å². The summed E-state index contributed by atoms with van der Waals surface area (Å²) < 4.78 is 14.6. The number of thioether (sulfide) groups is 1. The molecule has 0 aliphatic carbocycles. The molecule has 0 aliphatic rings. The van der Waals surface area contributed by atoms with E-state index in [4.69, 9.17) is 0 Å². The number of benzene rings is 1. The number of halogens is 1. The Morgan fingerprint density at radius 2 is 2.22 bits per heavy atom. The van der Waals surface area contributed by atoms with Crippen molar-refractivity contribution >= 4 is 39.2 Å². The predicted octanol–water partition coefficient (Wildman–Crippen LogP) is 4.38. The average molecular weight is 284 g/mol. The summed E-state index contributed by atoms with van der Waals surface area (Å²) in [7, 11) is 0.